The standard InChI is InChI=1S/C21H32O2/c1-14(13-20(22)23-6)12-18-16(3)15(2)9-10-19-17(18)8-7-11-21(19,4)5/h13,15H,7-12H2,1-6H3/b14-13+/t15-/m1/s1. The molecule has 2 rings (SSSR count). The number of hydrogen-bond acceptors (Lipinski definition) is 2. The number of carbonyl (C=O) groups is 1. The molecule has 2 nitrogen and oxygen atoms in total. The molecule has 0 saturated heterocycles. The molecule has 0 bridgehead atoms. The molecule has 0 spiro atoms. The van der Waals surface area contributed by atoms with Gasteiger partial charge >= 0.3 is 5.97 Å². The van der Waals surface area contributed by atoms with Gasteiger partial charge in [-0.15, -0.1) is 0 Å². The van der Waals surface area contributed by atoms with E-state index >= 15 is 0 Å². The van der Waals surface area contributed by atoms with E-state index in [0.29, 0.717) is 11.3 Å². The molecule has 0 unspecified atom stereocenters. The van der Waals surface area contributed by atoms with Crippen molar-refractivity contribution in [2.75, 3.05) is 7.11 Å². The second-order valence-corrected chi connectivity index (χ2v) is 7.99. The van der Waals surface area contributed by atoms with Gasteiger partial charge in [0.1, 0.15) is 0 Å². The van der Waals surface area contributed by atoms with Gasteiger partial charge in [-0.2, -0.15) is 0 Å². The minimum absolute atomic E-state index is 0.249. The third-order valence-corrected chi connectivity index (χ3v) is 5.84. The lowest BCUT2D eigenvalue weighted by Gasteiger charge is -2.36. The molecule has 0 aliphatic heterocycles. The van der Waals surface area contributed by atoms with E-state index in [2.05, 4.69) is 27.7 Å². The first-order valence-corrected chi connectivity index (χ1v) is 8.94. The summed E-state index contributed by atoms with van der Waals surface area (Å²) in [6.07, 6.45) is 8.76. The van der Waals surface area contributed by atoms with Gasteiger partial charge in [0.15, 0.2) is 0 Å². The first kappa shape index (κ1) is 18.0. The van der Waals surface area contributed by atoms with E-state index in [9.17, 15) is 4.79 Å². The zero-order valence-corrected chi connectivity index (χ0v) is 15.7. The third kappa shape index (κ3) is 3.97. The fraction of sp³-hybridized carbons (Fsp3) is 0.667. The minimum Gasteiger partial charge on any atom is -0.466 e. The molecule has 0 aromatic heterocycles. The maximum Gasteiger partial charge on any atom is 0.330 e. The lowest BCUT2D eigenvalue weighted by molar-refractivity contribution is -0.134. The van der Waals surface area contributed by atoms with Crippen molar-refractivity contribution in [3.05, 3.63) is 33.9 Å². The Morgan fingerprint density at radius 3 is 2.70 bits per heavy atom. The summed E-state index contributed by atoms with van der Waals surface area (Å²) in [4.78, 5) is 11.5. The molecular weight excluding hydrogens is 284 g/mol. The molecule has 1 atom stereocenters. The summed E-state index contributed by atoms with van der Waals surface area (Å²) in [5.74, 6) is 0.373. The Balaban J connectivity index is 2.44. The van der Waals surface area contributed by atoms with Crippen molar-refractivity contribution in [1.29, 1.82) is 0 Å². The monoisotopic (exact) mass is 316 g/mol. The Hall–Kier alpha value is -1.31. The zero-order chi connectivity index (χ0) is 17.2. The highest BCUT2D eigenvalue weighted by Gasteiger charge is 2.33. The predicted molar refractivity (Wildman–Crippen MR) is 96.1 cm³/mol. The second kappa shape index (κ2) is 7.07. The van der Waals surface area contributed by atoms with E-state index in [1.165, 1.54) is 50.4 Å². The molecule has 0 N–H and O–H groups in total. The van der Waals surface area contributed by atoms with Gasteiger partial charge in [-0.3, -0.25) is 0 Å². The molecule has 2 heteroatoms. The fourth-order valence-corrected chi connectivity index (χ4v) is 4.19. The van der Waals surface area contributed by atoms with Crippen LogP contribution in [0.3, 0.4) is 0 Å². The molecule has 2 aliphatic rings. The smallest absolute Gasteiger partial charge is 0.330 e. The van der Waals surface area contributed by atoms with Crippen LogP contribution in [0.5, 0.6) is 0 Å². The van der Waals surface area contributed by atoms with Crippen molar-refractivity contribution in [3.63, 3.8) is 0 Å². The third-order valence-electron chi connectivity index (χ3n) is 5.84. The van der Waals surface area contributed by atoms with Crippen molar-refractivity contribution >= 4 is 5.97 Å². The molecule has 2 aliphatic carbocycles. The highest BCUT2D eigenvalue weighted by molar-refractivity contribution is 5.82. The summed E-state index contributed by atoms with van der Waals surface area (Å²) in [5, 5.41) is 0. The quantitative estimate of drug-likeness (QED) is 0.489. The van der Waals surface area contributed by atoms with Crippen molar-refractivity contribution in [2.24, 2.45) is 11.3 Å². The Morgan fingerprint density at radius 2 is 2.04 bits per heavy atom. The SMILES string of the molecule is COC(=O)/C=C(\C)CC1=C(C)[C@H](C)CCC2=C1CCCC2(C)C. The Bertz CT molecular complexity index is 573. The molecule has 0 aromatic rings. The van der Waals surface area contributed by atoms with Crippen molar-refractivity contribution in [3.8, 4) is 0 Å². The number of ether oxygens (including phenoxy) is 1. The Morgan fingerprint density at radius 1 is 1.35 bits per heavy atom. The normalized spacial score (nSPS) is 25.1. The summed E-state index contributed by atoms with van der Waals surface area (Å²) < 4.78 is 4.78. The van der Waals surface area contributed by atoms with Gasteiger partial charge in [0.2, 0.25) is 0 Å². The van der Waals surface area contributed by atoms with E-state index in [0.717, 1.165) is 12.0 Å². The largest absolute Gasteiger partial charge is 0.466 e. The molecule has 23 heavy (non-hydrogen) atoms. The summed E-state index contributed by atoms with van der Waals surface area (Å²) in [6.45, 7) is 11.5. The van der Waals surface area contributed by atoms with E-state index in [1.54, 1.807) is 17.2 Å². The van der Waals surface area contributed by atoms with E-state index in [1.807, 2.05) is 6.92 Å². The number of allylic oxidation sites excluding steroid dienone is 5. The summed E-state index contributed by atoms with van der Waals surface area (Å²) >= 11 is 0. The maximum absolute atomic E-state index is 11.5. The molecule has 0 saturated carbocycles. The van der Waals surface area contributed by atoms with Crippen molar-refractivity contribution in [1.82, 2.24) is 0 Å². The molecule has 0 fully saturated rings. The van der Waals surface area contributed by atoms with Gasteiger partial charge in [0.05, 0.1) is 7.11 Å². The van der Waals surface area contributed by atoms with Gasteiger partial charge in [0, 0.05) is 6.08 Å². The van der Waals surface area contributed by atoms with Gasteiger partial charge in [-0.25, -0.2) is 4.79 Å². The van der Waals surface area contributed by atoms with Gasteiger partial charge < -0.3 is 4.74 Å². The minimum atomic E-state index is -0.249. The molecule has 0 aromatic carbocycles. The van der Waals surface area contributed by atoms with Crippen molar-refractivity contribution < 1.29 is 9.53 Å². The van der Waals surface area contributed by atoms with Crippen LogP contribution in [0.1, 0.15) is 73.1 Å². The molecule has 128 valence electrons. The van der Waals surface area contributed by atoms with Crippen LogP contribution in [0.25, 0.3) is 0 Å². The van der Waals surface area contributed by atoms with Crippen LogP contribution in [0.4, 0.5) is 0 Å². The average molecular weight is 316 g/mol. The number of rotatable bonds is 3. The second-order valence-electron chi connectivity index (χ2n) is 7.99. The highest BCUT2D eigenvalue weighted by Crippen LogP contribution is 2.49. The number of carbonyl (C=O) groups excluding carboxylic acids is 1. The fourth-order valence-electron chi connectivity index (χ4n) is 4.19. The topological polar surface area (TPSA) is 26.3 Å². The lowest BCUT2D eigenvalue weighted by Crippen LogP contribution is -2.21. The van der Waals surface area contributed by atoms with Crippen LogP contribution in [0.15, 0.2) is 33.9 Å². The van der Waals surface area contributed by atoms with Gasteiger partial charge in [0.25, 0.3) is 0 Å². The molecule has 0 amide bonds. The van der Waals surface area contributed by atoms with Crippen LogP contribution in [0.2, 0.25) is 0 Å². The zero-order valence-electron chi connectivity index (χ0n) is 15.7. The highest BCUT2D eigenvalue weighted by atomic mass is 16.5. The Kier molecular flexibility index (Phi) is 5.54. The molecular formula is C21H32O2. The van der Waals surface area contributed by atoms with Crippen LogP contribution in [-0.4, -0.2) is 13.1 Å². The number of esters is 1. The number of hydrogen-bond donors (Lipinski definition) is 0. The molecule has 0 radical (unpaired) electrons. The van der Waals surface area contributed by atoms with Crippen LogP contribution >= 0.6 is 0 Å². The summed E-state index contributed by atoms with van der Waals surface area (Å²) in [7, 11) is 1.44. The summed E-state index contributed by atoms with van der Waals surface area (Å²) in [5.41, 5.74) is 7.70. The van der Waals surface area contributed by atoms with Gasteiger partial charge in [-0.05, 0) is 74.9 Å². The van der Waals surface area contributed by atoms with Gasteiger partial charge in [-0.1, -0.05) is 37.5 Å². The summed E-state index contributed by atoms with van der Waals surface area (Å²) in [6, 6.07) is 0. The lowest BCUT2D eigenvalue weighted by atomic mass is 9.69. The van der Waals surface area contributed by atoms with Crippen molar-refractivity contribution in [2.45, 2.75) is 73.1 Å². The average Bonchev–Trinajstić information content (AvgIpc) is 2.60. The van der Waals surface area contributed by atoms with Crippen LogP contribution in [-0.2, 0) is 9.53 Å². The van der Waals surface area contributed by atoms with Crippen LogP contribution < -0.4 is 0 Å². The maximum atomic E-state index is 11.5. The molecule has 0 heterocycles. The predicted octanol–water partition coefficient (Wildman–Crippen LogP) is 5.75. The first-order valence-electron chi connectivity index (χ1n) is 8.94. The Labute approximate surface area is 141 Å². The van der Waals surface area contributed by atoms with Crippen LogP contribution in [0, 0.1) is 11.3 Å². The van der Waals surface area contributed by atoms with E-state index < -0.39 is 0 Å². The van der Waals surface area contributed by atoms with E-state index in [4.69, 9.17) is 4.74 Å². The first-order chi connectivity index (χ1) is 10.8. The van der Waals surface area contributed by atoms with E-state index in [-0.39, 0.29) is 5.97 Å². The number of methoxy groups -OCH3 is 1.